The van der Waals surface area contributed by atoms with E-state index in [-0.39, 0.29) is 0 Å². The summed E-state index contributed by atoms with van der Waals surface area (Å²) < 4.78 is 5.20. The average Bonchev–Trinajstić information content (AvgIpc) is 2.34. The largest absolute Gasteiger partial charge is 0.497 e. The van der Waals surface area contributed by atoms with Gasteiger partial charge in [-0.15, -0.1) is 0 Å². The van der Waals surface area contributed by atoms with Crippen LogP contribution in [0, 0.1) is 0 Å². The molecule has 0 amide bonds. The summed E-state index contributed by atoms with van der Waals surface area (Å²) in [5.41, 5.74) is -0.768. The molecule has 0 unspecified atom stereocenters. The van der Waals surface area contributed by atoms with Gasteiger partial charge < -0.3 is 15.2 Å². The van der Waals surface area contributed by atoms with Gasteiger partial charge in [0.05, 0.1) is 12.7 Å². The van der Waals surface area contributed by atoms with Crippen LogP contribution in [0.5, 0.6) is 5.75 Å². The normalized spacial score (nSPS) is 11.6. The third-order valence-corrected chi connectivity index (χ3v) is 2.66. The summed E-state index contributed by atoms with van der Waals surface area (Å²) in [5.74, 6) is 1.60. The van der Waals surface area contributed by atoms with Crippen molar-refractivity contribution < 1.29 is 9.84 Å². The van der Waals surface area contributed by atoms with Crippen molar-refractivity contribution in [2.45, 2.75) is 19.4 Å². The molecule has 1 aromatic carbocycles. The van der Waals surface area contributed by atoms with E-state index in [2.05, 4.69) is 10.3 Å². The van der Waals surface area contributed by atoms with Gasteiger partial charge in [-0.2, -0.15) is 0 Å². The number of nitrogens with one attached hydrogen (secondary N) is 1. The van der Waals surface area contributed by atoms with E-state index in [0.29, 0.717) is 6.54 Å². The number of ether oxygens (including phenoxy) is 1. The second-order valence-corrected chi connectivity index (χ2v) is 4.91. The Balaban J connectivity index is 2.34. The van der Waals surface area contributed by atoms with Crippen LogP contribution >= 0.6 is 0 Å². The molecule has 18 heavy (non-hydrogen) atoms. The zero-order valence-electron chi connectivity index (χ0n) is 10.9. The lowest BCUT2D eigenvalue weighted by Crippen LogP contribution is -2.29. The molecule has 96 valence electrons. The van der Waals surface area contributed by atoms with Crippen molar-refractivity contribution in [3.63, 3.8) is 0 Å². The first-order valence-corrected chi connectivity index (χ1v) is 5.88. The first kappa shape index (κ1) is 12.6. The van der Waals surface area contributed by atoms with E-state index in [1.54, 1.807) is 27.2 Å². The van der Waals surface area contributed by atoms with Crippen LogP contribution in [-0.4, -0.2) is 29.3 Å². The predicted molar refractivity (Wildman–Crippen MR) is 73.1 cm³/mol. The third-order valence-electron chi connectivity index (χ3n) is 2.66. The lowest BCUT2D eigenvalue weighted by molar-refractivity contribution is 0.0944. The Morgan fingerprint density at radius 1 is 1.33 bits per heavy atom. The molecule has 0 spiro atoms. The van der Waals surface area contributed by atoms with E-state index in [1.807, 2.05) is 24.3 Å². The van der Waals surface area contributed by atoms with Gasteiger partial charge in [-0.05, 0) is 43.5 Å². The van der Waals surface area contributed by atoms with Gasteiger partial charge in [-0.1, -0.05) is 0 Å². The molecule has 4 nitrogen and oxygen atoms in total. The standard InChI is InChI=1S/C14H18N2O2/c1-14(2,17)9-16-13-12-5-4-11(18-3)8-10(12)6-7-15-13/h4-8,17H,9H2,1-3H3,(H,15,16). The van der Waals surface area contributed by atoms with Gasteiger partial charge in [0.1, 0.15) is 11.6 Å². The zero-order valence-corrected chi connectivity index (χ0v) is 10.9. The molecule has 2 rings (SSSR count). The third kappa shape index (κ3) is 2.90. The number of nitrogens with zero attached hydrogens (tertiary/aromatic N) is 1. The number of pyridine rings is 1. The molecule has 0 aliphatic carbocycles. The number of fused-ring (bicyclic) bond motifs is 1. The van der Waals surface area contributed by atoms with Crippen LogP contribution in [0.15, 0.2) is 30.5 Å². The molecule has 2 aromatic rings. The molecule has 0 bridgehead atoms. The van der Waals surface area contributed by atoms with Crippen molar-refractivity contribution in [2.75, 3.05) is 19.0 Å². The smallest absolute Gasteiger partial charge is 0.133 e. The molecule has 2 N–H and O–H groups in total. The highest BCUT2D eigenvalue weighted by Crippen LogP contribution is 2.25. The summed E-state index contributed by atoms with van der Waals surface area (Å²) in [6.45, 7) is 3.97. The molecule has 4 heteroatoms. The number of benzene rings is 1. The topological polar surface area (TPSA) is 54.4 Å². The molecule has 0 fully saturated rings. The molecule has 0 aliphatic rings. The highest BCUT2D eigenvalue weighted by Gasteiger charge is 2.13. The average molecular weight is 246 g/mol. The predicted octanol–water partition coefficient (Wildman–Crippen LogP) is 2.43. The van der Waals surface area contributed by atoms with Crippen molar-refractivity contribution >= 4 is 16.6 Å². The van der Waals surface area contributed by atoms with Crippen molar-refractivity contribution in [1.82, 2.24) is 4.98 Å². The van der Waals surface area contributed by atoms with Crippen molar-refractivity contribution in [3.8, 4) is 5.75 Å². The van der Waals surface area contributed by atoms with Crippen molar-refractivity contribution in [2.24, 2.45) is 0 Å². The Kier molecular flexibility index (Phi) is 3.39. The van der Waals surface area contributed by atoms with Crippen LogP contribution in [0.25, 0.3) is 10.8 Å². The Morgan fingerprint density at radius 3 is 2.78 bits per heavy atom. The van der Waals surface area contributed by atoms with E-state index < -0.39 is 5.60 Å². The number of aliphatic hydroxyl groups is 1. The summed E-state index contributed by atoms with van der Waals surface area (Å²) in [4.78, 5) is 4.30. The first-order chi connectivity index (χ1) is 8.49. The van der Waals surface area contributed by atoms with E-state index in [9.17, 15) is 5.11 Å². The lowest BCUT2D eigenvalue weighted by atomic mass is 10.1. The highest BCUT2D eigenvalue weighted by molar-refractivity contribution is 5.92. The van der Waals surface area contributed by atoms with Gasteiger partial charge in [-0.25, -0.2) is 4.98 Å². The maximum Gasteiger partial charge on any atom is 0.133 e. The van der Waals surface area contributed by atoms with E-state index in [0.717, 1.165) is 22.3 Å². The van der Waals surface area contributed by atoms with E-state index >= 15 is 0 Å². The second kappa shape index (κ2) is 4.82. The van der Waals surface area contributed by atoms with Crippen molar-refractivity contribution in [1.29, 1.82) is 0 Å². The minimum absolute atomic E-state index is 0.450. The van der Waals surface area contributed by atoms with Gasteiger partial charge in [0, 0.05) is 18.1 Å². The second-order valence-electron chi connectivity index (χ2n) is 4.91. The lowest BCUT2D eigenvalue weighted by Gasteiger charge is -2.18. The summed E-state index contributed by atoms with van der Waals surface area (Å²) in [6.07, 6.45) is 1.74. The molecule has 0 saturated carbocycles. The van der Waals surface area contributed by atoms with Gasteiger partial charge in [-0.3, -0.25) is 0 Å². The fraction of sp³-hybridized carbons (Fsp3) is 0.357. The molecule has 0 atom stereocenters. The molecule has 1 aromatic heterocycles. The van der Waals surface area contributed by atoms with Crippen LogP contribution in [0.3, 0.4) is 0 Å². The van der Waals surface area contributed by atoms with Crippen LogP contribution in [0.1, 0.15) is 13.8 Å². The monoisotopic (exact) mass is 246 g/mol. The summed E-state index contributed by atoms with van der Waals surface area (Å²) >= 11 is 0. The molecular weight excluding hydrogens is 228 g/mol. The number of hydrogen-bond acceptors (Lipinski definition) is 4. The Hall–Kier alpha value is -1.81. The quantitative estimate of drug-likeness (QED) is 0.870. The van der Waals surface area contributed by atoms with Crippen LogP contribution in [0.4, 0.5) is 5.82 Å². The maximum atomic E-state index is 9.72. The summed E-state index contributed by atoms with van der Waals surface area (Å²) in [7, 11) is 1.65. The van der Waals surface area contributed by atoms with Crippen molar-refractivity contribution in [3.05, 3.63) is 30.5 Å². The number of rotatable bonds is 4. The Labute approximate surface area is 107 Å². The van der Waals surface area contributed by atoms with E-state index in [4.69, 9.17) is 4.74 Å². The number of hydrogen-bond donors (Lipinski definition) is 2. The van der Waals surface area contributed by atoms with E-state index in [1.165, 1.54) is 0 Å². The highest BCUT2D eigenvalue weighted by atomic mass is 16.5. The van der Waals surface area contributed by atoms with Crippen LogP contribution in [0.2, 0.25) is 0 Å². The minimum Gasteiger partial charge on any atom is -0.497 e. The first-order valence-electron chi connectivity index (χ1n) is 5.88. The van der Waals surface area contributed by atoms with Crippen LogP contribution in [-0.2, 0) is 0 Å². The fourth-order valence-corrected chi connectivity index (χ4v) is 1.72. The van der Waals surface area contributed by atoms with Gasteiger partial charge in [0.15, 0.2) is 0 Å². The SMILES string of the molecule is COc1ccc2c(NCC(C)(C)O)nccc2c1. The Bertz CT molecular complexity index is 547. The molecule has 1 heterocycles. The molecule has 0 aliphatic heterocycles. The Morgan fingerprint density at radius 2 is 2.11 bits per heavy atom. The molecule has 0 radical (unpaired) electrons. The van der Waals surface area contributed by atoms with Gasteiger partial charge in [0.2, 0.25) is 0 Å². The minimum atomic E-state index is -0.768. The summed E-state index contributed by atoms with van der Waals surface area (Å²) in [6, 6.07) is 7.77. The number of anilines is 1. The van der Waals surface area contributed by atoms with Gasteiger partial charge >= 0.3 is 0 Å². The van der Waals surface area contributed by atoms with Crippen LogP contribution < -0.4 is 10.1 Å². The zero-order chi connectivity index (χ0) is 13.2. The maximum absolute atomic E-state index is 9.72. The molecular formula is C14H18N2O2. The summed E-state index contributed by atoms with van der Waals surface area (Å²) in [5, 5.41) is 15.0. The molecule has 0 saturated heterocycles. The fourth-order valence-electron chi connectivity index (χ4n) is 1.72. The number of aromatic nitrogens is 1. The number of methoxy groups -OCH3 is 1. The van der Waals surface area contributed by atoms with Gasteiger partial charge in [0.25, 0.3) is 0 Å².